The SMILES string of the molecule is CCO[C@@H]1C[C@H](O)C12CCN([C@@H](C)C(=O)N1CCCCCC1)CC2. The van der Waals surface area contributed by atoms with E-state index in [1.54, 1.807) is 0 Å². The molecule has 3 rings (SSSR count). The third-order valence-electron chi connectivity index (χ3n) is 6.66. The Morgan fingerprint density at radius 3 is 2.33 bits per heavy atom. The van der Waals surface area contributed by atoms with Gasteiger partial charge in [0, 0.05) is 31.5 Å². The highest BCUT2D eigenvalue weighted by atomic mass is 16.5. The molecule has 1 aliphatic carbocycles. The number of amides is 1. The summed E-state index contributed by atoms with van der Waals surface area (Å²) < 4.78 is 5.84. The molecule has 0 aromatic carbocycles. The Morgan fingerprint density at radius 1 is 1.17 bits per heavy atom. The fraction of sp³-hybridized carbons (Fsp3) is 0.947. The molecule has 3 atom stereocenters. The third-order valence-corrected chi connectivity index (χ3v) is 6.66. The summed E-state index contributed by atoms with van der Waals surface area (Å²) in [6, 6.07) is -0.0387. The normalized spacial score (nSPS) is 32.2. The maximum Gasteiger partial charge on any atom is 0.239 e. The number of rotatable bonds is 4. The average molecular weight is 338 g/mol. The number of likely N-dealkylation sites (tertiary alicyclic amines) is 2. The molecule has 0 unspecified atom stereocenters. The summed E-state index contributed by atoms with van der Waals surface area (Å²) in [4.78, 5) is 17.2. The van der Waals surface area contributed by atoms with Crippen LogP contribution in [0.1, 0.15) is 58.8 Å². The lowest BCUT2D eigenvalue weighted by Gasteiger charge is -2.57. The van der Waals surface area contributed by atoms with Crippen molar-refractivity contribution in [3.8, 4) is 0 Å². The van der Waals surface area contributed by atoms with Crippen molar-refractivity contribution in [1.82, 2.24) is 9.80 Å². The van der Waals surface area contributed by atoms with Crippen molar-refractivity contribution >= 4 is 5.91 Å². The molecule has 2 saturated heterocycles. The molecule has 1 spiro atoms. The van der Waals surface area contributed by atoms with Crippen molar-refractivity contribution in [2.24, 2.45) is 5.41 Å². The van der Waals surface area contributed by atoms with E-state index < -0.39 is 0 Å². The zero-order valence-electron chi connectivity index (χ0n) is 15.4. The van der Waals surface area contributed by atoms with Gasteiger partial charge in [0.1, 0.15) is 0 Å². The molecular formula is C19H34N2O3. The number of carbonyl (C=O) groups excluding carboxylic acids is 1. The summed E-state index contributed by atoms with van der Waals surface area (Å²) in [5, 5.41) is 10.3. The van der Waals surface area contributed by atoms with Crippen molar-refractivity contribution in [1.29, 1.82) is 0 Å². The lowest BCUT2D eigenvalue weighted by atomic mass is 9.58. The van der Waals surface area contributed by atoms with Gasteiger partial charge < -0.3 is 14.7 Å². The van der Waals surface area contributed by atoms with Crippen LogP contribution in [0.4, 0.5) is 0 Å². The molecule has 5 nitrogen and oxygen atoms in total. The Kier molecular flexibility index (Phi) is 5.83. The van der Waals surface area contributed by atoms with Crippen molar-refractivity contribution in [3.63, 3.8) is 0 Å². The lowest BCUT2D eigenvalue weighted by Crippen LogP contribution is -2.63. The Balaban J connectivity index is 1.54. The van der Waals surface area contributed by atoms with Crippen molar-refractivity contribution in [2.75, 3.05) is 32.8 Å². The van der Waals surface area contributed by atoms with E-state index in [-0.39, 0.29) is 23.7 Å². The molecule has 3 aliphatic rings. The Labute approximate surface area is 146 Å². The van der Waals surface area contributed by atoms with E-state index >= 15 is 0 Å². The van der Waals surface area contributed by atoms with Gasteiger partial charge in [-0.05, 0) is 52.6 Å². The minimum absolute atomic E-state index is 0.0387. The molecule has 0 aromatic rings. The van der Waals surface area contributed by atoms with Gasteiger partial charge in [-0.25, -0.2) is 0 Å². The van der Waals surface area contributed by atoms with Crippen LogP contribution < -0.4 is 0 Å². The van der Waals surface area contributed by atoms with Crippen molar-refractivity contribution in [2.45, 2.75) is 77.0 Å². The fourth-order valence-electron chi connectivity index (χ4n) is 4.86. The van der Waals surface area contributed by atoms with Gasteiger partial charge in [-0.15, -0.1) is 0 Å². The second kappa shape index (κ2) is 7.71. The second-order valence-corrected chi connectivity index (χ2v) is 7.88. The zero-order chi connectivity index (χ0) is 17.2. The highest BCUT2D eigenvalue weighted by Crippen LogP contribution is 2.51. The average Bonchev–Trinajstić information content (AvgIpc) is 2.90. The minimum Gasteiger partial charge on any atom is -0.392 e. The quantitative estimate of drug-likeness (QED) is 0.852. The molecule has 2 heterocycles. The highest BCUT2D eigenvalue weighted by Gasteiger charge is 2.56. The highest BCUT2D eigenvalue weighted by molar-refractivity contribution is 5.81. The maximum atomic E-state index is 12.8. The molecule has 0 radical (unpaired) electrons. The number of ether oxygens (including phenoxy) is 1. The first-order valence-electron chi connectivity index (χ1n) is 9.91. The van der Waals surface area contributed by atoms with Crippen LogP contribution >= 0.6 is 0 Å². The first-order valence-corrected chi connectivity index (χ1v) is 9.91. The number of hydrogen-bond acceptors (Lipinski definition) is 4. The van der Waals surface area contributed by atoms with Crippen LogP contribution in [0.2, 0.25) is 0 Å². The van der Waals surface area contributed by atoms with E-state index in [1.165, 1.54) is 12.8 Å². The van der Waals surface area contributed by atoms with Crippen molar-refractivity contribution in [3.05, 3.63) is 0 Å². The largest absolute Gasteiger partial charge is 0.392 e. The molecule has 1 amide bonds. The predicted octanol–water partition coefficient (Wildman–Crippen LogP) is 2.03. The maximum absolute atomic E-state index is 12.8. The fourth-order valence-corrected chi connectivity index (χ4v) is 4.86. The van der Waals surface area contributed by atoms with E-state index in [0.29, 0.717) is 12.5 Å². The Hall–Kier alpha value is -0.650. The summed E-state index contributed by atoms with van der Waals surface area (Å²) >= 11 is 0. The second-order valence-electron chi connectivity index (χ2n) is 7.88. The van der Waals surface area contributed by atoms with Gasteiger partial charge >= 0.3 is 0 Å². The minimum atomic E-state index is -0.229. The van der Waals surface area contributed by atoms with Gasteiger partial charge in [0.2, 0.25) is 5.91 Å². The van der Waals surface area contributed by atoms with Crippen molar-refractivity contribution < 1.29 is 14.6 Å². The summed E-state index contributed by atoms with van der Waals surface area (Å²) in [6.07, 6.45) is 7.42. The molecule has 1 saturated carbocycles. The standard InChI is InChI=1S/C19H34N2O3/c1-3-24-17-14-16(22)19(17)8-12-20(13-9-19)15(2)18(23)21-10-6-4-5-7-11-21/h15-17,22H,3-14H2,1-2H3/t15-,16-,17+/m0/s1. The number of aliphatic hydroxyl groups excluding tert-OH is 1. The van der Waals surface area contributed by atoms with Gasteiger partial charge in [-0.2, -0.15) is 0 Å². The smallest absolute Gasteiger partial charge is 0.239 e. The molecule has 3 fully saturated rings. The summed E-state index contributed by atoms with van der Waals surface area (Å²) in [5.74, 6) is 0.295. The van der Waals surface area contributed by atoms with Crippen LogP contribution in [-0.4, -0.2) is 71.8 Å². The topological polar surface area (TPSA) is 53.0 Å². The van der Waals surface area contributed by atoms with Crippen LogP contribution in [0.5, 0.6) is 0 Å². The van der Waals surface area contributed by atoms with Crippen LogP contribution in [-0.2, 0) is 9.53 Å². The molecule has 138 valence electrons. The monoisotopic (exact) mass is 338 g/mol. The number of aliphatic hydroxyl groups is 1. The summed E-state index contributed by atoms with van der Waals surface area (Å²) in [7, 11) is 0. The molecular weight excluding hydrogens is 304 g/mol. The lowest BCUT2D eigenvalue weighted by molar-refractivity contribution is -0.211. The third kappa shape index (κ3) is 3.35. The molecule has 0 aromatic heterocycles. The van der Waals surface area contributed by atoms with Gasteiger partial charge in [-0.1, -0.05) is 12.8 Å². The Bertz CT molecular complexity index is 424. The van der Waals surface area contributed by atoms with E-state index in [0.717, 1.165) is 58.3 Å². The number of hydrogen-bond donors (Lipinski definition) is 1. The van der Waals surface area contributed by atoms with E-state index in [1.807, 2.05) is 6.92 Å². The first-order chi connectivity index (χ1) is 11.6. The molecule has 2 aliphatic heterocycles. The van der Waals surface area contributed by atoms with Crippen LogP contribution in [0.15, 0.2) is 0 Å². The van der Waals surface area contributed by atoms with Crippen LogP contribution in [0.25, 0.3) is 0 Å². The van der Waals surface area contributed by atoms with E-state index in [4.69, 9.17) is 4.74 Å². The summed E-state index contributed by atoms with van der Waals surface area (Å²) in [6.45, 7) is 8.42. The molecule has 0 bridgehead atoms. The summed E-state index contributed by atoms with van der Waals surface area (Å²) in [5.41, 5.74) is -0.0577. The number of carbonyl (C=O) groups is 1. The van der Waals surface area contributed by atoms with Gasteiger partial charge in [-0.3, -0.25) is 9.69 Å². The van der Waals surface area contributed by atoms with E-state index in [2.05, 4.69) is 16.7 Å². The van der Waals surface area contributed by atoms with Crippen LogP contribution in [0, 0.1) is 5.41 Å². The van der Waals surface area contributed by atoms with Crippen LogP contribution in [0.3, 0.4) is 0 Å². The first kappa shape index (κ1) is 18.2. The predicted molar refractivity (Wildman–Crippen MR) is 93.8 cm³/mol. The molecule has 24 heavy (non-hydrogen) atoms. The van der Waals surface area contributed by atoms with Gasteiger partial charge in [0.15, 0.2) is 0 Å². The Morgan fingerprint density at radius 2 is 1.79 bits per heavy atom. The number of nitrogens with zero attached hydrogens (tertiary/aromatic N) is 2. The molecule has 5 heteroatoms. The van der Waals surface area contributed by atoms with E-state index in [9.17, 15) is 9.90 Å². The molecule has 1 N–H and O–H groups in total. The van der Waals surface area contributed by atoms with Gasteiger partial charge in [0.05, 0.1) is 18.2 Å². The number of piperidine rings is 1. The van der Waals surface area contributed by atoms with Gasteiger partial charge in [0.25, 0.3) is 0 Å². The zero-order valence-corrected chi connectivity index (χ0v) is 15.4.